The first-order chi connectivity index (χ1) is 9.30. The second kappa shape index (κ2) is 7.28. The molecule has 0 aliphatic heterocycles. The van der Waals surface area contributed by atoms with Crippen LogP contribution in [0.1, 0.15) is 54.4 Å². The van der Waals surface area contributed by atoms with E-state index >= 15 is 0 Å². The van der Waals surface area contributed by atoms with Gasteiger partial charge in [0, 0.05) is 6.42 Å². The topological polar surface area (TPSA) is 108 Å². The Labute approximate surface area is 125 Å². The van der Waals surface area contributed by atoms with Gasteiger partial charge in [-0.15, -0.1) is 0 Å². The molecule has 0 aromatic carbocycles. The van der Waals surface area contributed by atoms with Crippen LogP contribution < -0.4 is 11.1 Å². The maximum absolute atomic E-state index is 11.9. The summed E-state index contributed by atoms with van der Waals surface area (Å²) in [6.45, 7) is 10.4. The maximum atomic E-state index is 11.9. The van der Waals surface area contributed by atoms with Crippen LogP contribution in [0.25, 0.3) is 0 Å². The van der Waals surface area contributed by atoms with Crippen molar-refractivity contribution in [3.05, 3.63) is 0 Å². The highest BCUT2D eigenvalue weighted by Crippen LogP contribution is 2.13. The van der Waals surface area contributed by atoms with Gasteiger partial charge < -0.3 is 20.5 Å². The number of nitrogens with one attached hydrogen (secondary N) is 1. The van der Waals surface area contributed by atoms with Gasteiger partial charge in [-0.2, -0.15) is 0 Å². The molecule has 0 fully saturated rings. The molecule has 0 aliphatic carbocycles. The average molecular weight is 302 g/mol. The number of urea groups is 1. The molecule has 122 valence electrons. The number of ether oxygens (including phenoxy) is 2. The fourth-order valence-electron chi connectivity index (χ4n) is 1.45. The molecule has 21 heavy (non-hydrogen) atoms. The molecule has 3 N–H and O–H groups in total. The zero-order valence-electron chi connectivity index (χ0n) is 13.6. The summed E-state index contributed by atoms with van der Waals surface area (Å²) in [6.07, 6.45) is 0.0359. The van der Waals surface area contributed by atoms with Crippen molar-refractivity contribution in [3.8, 4) is 0 Å². The molecule has 0 saturated heterocycles. The number of rotatable bonds is 5. The lowest BCUT2D eigenvalue weighted by Crippen LogP contribution is -2.46. The van der Waals surface area contributed by atoms with Crippen molar-refractivity contribution in [3.63, 3.8) is 0 Å². The highest BCUT2D eigenvalue weighted by molar-refractivity contribution is 5.83. The second-order valence-electron chi connectivity index (χ2n) is 6.72. The third kappa shape index (κ3) is 10.6. The van der Waals surface area contributed by atoms with Gasteiger partial charge in [0.2, 0.25) is 0 Å². The van der Waals surface area contributed by atoms with Crippen LogP contribution in [0.4, 0.5) is 4.79 Å². The van der Waals surface area contributed by atoms with Crippen LogP contribution in [0.15, 0.2) is 0 Å². The van der Waals surface area contributed by atoms with Crippen molar-refractivity contribution in [1.82, 2.24) is 5.32 Å². The third-order valence-electron chi connectivity index (χ3n) is 2.06. The molecule has 7 heteroatoms. The maximum Gasteiger partial charge on any atom is 0.329 e. The largest absolute Gasteiger partial charge is 0.460 e. The Kier molecular flexibility index (Phi) is 6.66. The molecule has 0 rings (SSSR count). The number of hydrogen-bond donors (Lipinski definition) is 2. The number of amides is 2. The Bertz CT molecular complexity index is 393. The van der Waals surface area contributed by atoms with Gasteiger partial charge >= 0.3 is 18.0 Å². The van der Waals surface area contributed by atoms with Gasteiger partial charge in [0.25, 0.3) is 0 Å². The Balaban J connectivity index is 4.60. The molecule has 0 spiro atoms. The van der Waals surface area contributed by atoms with Crippen molar-refractivity contribution in [2.75, 3.05) is 0 Å². The van der Waals surface area contributed by atoms with E-state index in [-0.39, 0.29) is 12.8 Å². The first-order valence-electron chi connectivity index (χ1n) is 6.81. The summed E-state index contributed by atoms with van der Waals surface area (Å²) < 4.78 is 10.3. The molecule has 0 saturated carbocycles. The average Bonchev–Trinajstić information content (AvgIpc) is 2.18. The molecule has 0 unspecified atom stereocenters. The van der Waals surface area contributed by atoms with Crippen LogP contribution in [-0.4, -0.2) is 35.2 Å². The molecule has 0 heterocycles. The van der Waals surface area contributed by atoms with Gasteiger partial charge in [-0.05, 0) is 48.0 Å². The quantitative estimate of drug-likeness (QED) is 0.748. The SMILES string of the molecule is CC(C)(C)OC(=O)CC[C@H](NC(N)=O)C(=O)OC(C)(C)C. The first-order valence-corrected chi connectivity index (χ1v) is 6.81. The highest BCUT2D eigenvalue weighted by Gasteiger charge is 2.27. The summed E-state index contributed by atoms with van der Waals surface area (Å²) in [5.41, 5.74) is 3.73. The summed E-state index contributed by atoms with van der Waals surface area (Å²) in [5.74, 6) is -1.09. The van der Waals surface area contributed by atoms with Crippen LogP contribution in [0.5, 0.6) is 0 Å². The van der Waals surface area contributed by atoms with E-state index in [0.717, 1.165) is 0 Å². The normalized spacial score (nSPS) is 13.2. The zero-order chi connectivity index (χ0) is 16.8. The molecule has 0 bridgehead atoms. The second-order valence-corrected chi connectivity index (χ2v) is 6.72. The first kappa shape index (κ1) is 19.2. The van der Waals surface area contributed by atoms with E-state index in [4.69, 9.17) is 15.2 Å². The molecule has 0 aromatic heterocycles. The van der Waals surface area contributed by atoms with Crippen molar-refractivity contribution < 1.29 is 23.9 Å². The number of esters is 2. The molecular formula is C14H26N2O5. The van der Waals surface area contributed by atoms with E-state index in [2.05, 4.69) is 5.32 Å². The lowest BCUT2D eigenvalue weighted by molar-refractivity contribution is -0.158. The molecule has 0 radical (unpaired) electrons. The zero-order valence-corrected chi connectivity index (χ0v) is 13.6. The minimum Gasteiger partial charge on any atom is -0.460 e. The van der Waals surface area contributed by atoms with Crippen molar-refractivity contribution >= 4 is 18.0 Å². The highest BCUT2D eigenvalue weighted by atomic mass is 16.6. The van der Waals surface area contributed by atoms with Crippen molar-refractivity contribution in [1.29, 1.82) is 0 Å². The standard InChI is InChI=1S/C14H26N2O5/c1-13(2,3)20-10(17)8-7-9(16-12(15)19)11(18)21-14(4,5)6/h9H,7-8H2,1-6H3,(H3,15,16,19)/t9-/m0/s1. The van der Waals surface area contributed by atoms with Crippen LogP contribution in [0.2, 0.25) is 0 Å². The lowest BCUT2D eigenvalue weighted by Gasteiger charge is -2.24. The van der Waals surface area contributed by atoms with Crippen molar-refractivity contribution in [2.24, 2.45) is 5.73 Å². The summed E-state index contributed by atoms with van der Waals surface area (Å²) in [6, 6.07) is -1.83. The van der Waals surface area contributed by atoms with Crippen LogP contribution >= 0.6 is 0 Å². The lowest BCUT2D eigenvalue weighted by atomic mass is 10.1. The Hall–Kier alpha value is -1.79. The summed E-state index contributed by atoms with van der Waals surface area (Å²) in [4.78, 5) is 34.5. The fraction of sp³-hybridized carbons (Fsp3) is 0.786. The molecule has 1 atom stereocenters. The van der Waals surface area contributed by atoms with Gasteiger partial charge in [0.05, 0.1) is 0 Å². The molecule has 0 aliphatic rings. The number of nitrogens with two attached hydrogens (primary N) is 1. The van der Waals surface area contributed by atoms with E-state index in [0.29, 0.717) is 0 Å². The Morgan fingerprint density at radius 1 is 1.00 bits per heavy atom. The number of carbonyl (C=O) groups excluding carboxylic acids is 3. The number of carbonyl (C=O) groups is 3. The smallest absolute Gasteiger partial charge is 0.329 e. The van der Waals surface area contributed by atoms with Gasteiger partial charge in [-0.3, -0.25) is 4.79 Å². The van der Waals surface area contributed by atoms with E-state index in [1.807, 2.05) is 0 Å². The molecule has 0 aromatic rings. The van der Waals surface area contributed by atoms with Crippen molar-refractivity contribution in [2.45, 2.75) is 71.6 Å². The molecule has 7 nitrogen and oxygen atoms in total. The third-order valence-corrected chi connectivity index (χ3v) is 2.06. The van der Waals surface area contributed by atoms with Gasteiger partial charge in [0.1, 0.15) is 17.2 Å². The monoisotopic (exact) mass is 302 g/mol. The fourth-order valence-corrected chi connectivity index (χ4v) is 1.45. The minimum atomic E-state index is -0.978. The van der Waals surface area contributed by atoms with Crippen LogP contribution in [0.3, 0.4) is 0 Å². The van der Waals surface area contributed by atoms with E-state index < -0.39 is 35.2 Å². The van der Waals surface area contributed by atoms with E-state index in [9.17, 15) is 14.4 Å². The summed E-state index contributed by atoms with van der Waals surface area (Å²) in [7, 11) is 0. The Morgan fingerprint density at radius 3 is 1.86 bits per heavy atom. The molecule has 2 amide bonds. The van der Waals surface area contributed by atoms with E-state index in [1.165, 1.54) is 0 Å². The number of hydrogen-bond acceptors (Lipinski definition) is 5. The van der Waals surface area contributed by atoms with Gasteiger partial charge in [-0.1, -0.05) is 0 Å². The van der Waals surface area contributed by atoms with Crippen LogP contribution in [0, 0.1) is 0 Å². The molecular weight excluding hydrogens is 276 g/mol. The Morgan fingerprint density at radius 2 is 1.48 bits per heavy atom. The minimum absolute atomic E-state index is 0.0263. The summed E-state index contributed by atoms with van der Waals surface area (Å²) >= 11 is 0. The summed E-state index contributed by atoms with van der Waals surface area (Å²) in [5, 5.41) is 2.28. The van der Waals surface area contributed by atoms with E-state index in [1.54, 1.807) is 41.5 Å². The number of primary amides is 1. The van der Waals surface area contributed by atoms with Gasteiger partial charge in [-0.25, -0.2) is 9.59 Å². The predicted octanol–water partition coefficient (Wildman–Crippen LogP) is 1.49. The predicted molar refractivity (Wildman–Crippen MR) is 77.4 cm³/mol. The van der Waals surface area contributed by atoms with Crippen LogP contribution in [-0.2, 0) is 19.1 Å². The van der Waals surface area contributed by atoms with Gasteiger partial charge in [0.15, 0.2) is 0 Å².